The fraction of sp³-hybridized carbons (Fsp3) is 0.520. The fourth-order valence-electron chi connectivity index (χ4n) is 4.09. The lowest BCUT2D eigenvalue weighted by atomic mass is 9.92. The second-order valence-electron chi connectivity index (χ2n) is 9.55. The molecule has 1 aliphatic rings. The Morgan fingerprint density at radius 3 is 2.52 bits per heavy atom. The maximum absolute atomic E-state index is 13.6. The van der Waals surface area contributed by atoms with E-state index in [4.69, 9.17) is 11.6 Å². The summed E-state index contributed by atoms with van der Waals surface area (Å²) in [4.78, 5) is 31.8. The lowest BCUT2D eigenvalue weighted by molar-refractivity contribution is -0.146. The Morgan fingerprint density at radius 2 is 1.90 bits per heavy atom. The first kappa shape index (κ1) is 23.8. The number of benzene rings is 1. The van der Waals surface area contributed by atoms with Gasteiger partial charge in [0.05, 0.1) is 18.0 Å². The molecule has 2 heterocycles. The monoisotopic (exact) mass is 460 g/mol. The minimum atomic E-state index is -0.699. The van der Waals surface area contributed by atoms with Gasteiger partial charge in [-0.3, -0.25) is 9.59 Å². The number of hydrogen-bond acceptors (Lipinski definition) is 3. The van der Waals surface area contributed by atoms with Crippen molar-refractivity contribution in [3.05, 3.63) is 57.3 Å². The van der Waals surface area contributed by atoms with Gasteiger partial charge in [-0.15, -0.1) is 22.9 Å². The third kappa shape index (κ3) is 5.32. The topological polar surface area (TPSA) is 40.6 Å². The van der Waals surface area contributed by atoms with Crippen LogP contribution in [0.15, 0.2) is 35.7 Å². The third-order valence-corrected chi connectivity index (χ3v) is 7.46. The molecule has 0 aliphatic carbocycles. The zero-order chi connectivity index (χ0) is 22.8. The molecule has 0 fully saturated rings. The van der Waals surface area contributed by atoms with E-state index >= 15 is 0 Å². The van der Waals surface area contributed by atoms with Gasteiger partial charge in [0.15, 0.2) is 0 Å². The number of halogens is 1. The van der Waals surface area contributed by atoms with E-state index in [0.29, 0.717) is 13.1 Å². The SMILES string of the molecule is Cc1ccc(C2c3ccsc3CCN2C(=O)CN(CC(C)C)C(=O)C(C)(C)CCl)cc1. The Hall–Kier alpha value is -1.85. The molecule has 2 amide bonds. The molecule has 0 saturated carbocycles. The number of amides is 2. The second-order valence-corrected chi connectivity index (χ2v) is 10.8. The van der Waals surface area contributed by atoms with Crippen molar-refractivity contribution < 1.29 is 9.59 Å². The van der Waals surface area contributed by atoms with Crippen LogP contribution in [0.4, 0.5) is 0 Å². The van der Waals surface area contributed by atoms with E-state index in [1.807, 2.05) is 18.7 Å². The van der Waals surface area contributed by atoms with Gasteiger partial charge in [-0.25, -0.2) is 0 Å². The summed E-state index contributed by atoms with van der Waals surface area (Å²) in [6, 6.07) is 10.4. The summed E-state index contributed by atoms with van der Waals surface area (Å²) >= 11 is 7.83. The molecule has 1 atom stereocenters. The molecule has 2 aromatic rings. The number of alkyl halides is 1. The van der Waals surface area contributed by atoms with Gasteiger partial charge in [-0.1, -0.05) is 43.7 Å². The molecule has 1 aromatic heterocycles. The van der Waals surface area contributed by atoms with Crippen LogP contribution in [0.3, 0.4) is 0 Å². The van der Waals surface area contributed by atoms with Crippen LogP contribution in [0, 0.1) is 18.3 Å². The zero-order valence-electron chi connectivity index (χ0n) is 19.2. The molecule has 1 aliphatic heterocycles. The van der Waals surface area contributed by atoms with Crippen LogP contribution in [-0.4, -0.2) is 47.1 Å². The predicted octanol–water partition coefficient (Wildman–Crippen LogP) is 5.28. The summed E-state index contributed by atoms with van der Waals surface area (Å²) < 4.78 is 0. The van der Waals surface area contributed by atoms with Crippen molar-refractivity contribution in [1.29, 1.82) is 0 Å². The molecule has 0 bridgehead atoms. The number of carbonyl (C=O) groups excluding carboxylic acids is 2. The molecule has 0 spiro atoms. The van der Waals surface area contributed by atoms with Crippen LogP contribution in [0.2, 0.25) is 0 Å². The summed E-state index contributed by atoms with van der Waals surface area (Å²) in [5.74, 6) is 0.412. The van der Waals surface area contributed by atoms with Gasteiger partial charge in [-0.05, 0) is 55.7 Å². The molecule has 168 valence electrons. The quantitative estimate of drug-likeness (QED) is 0.527. The standard InChI is InChI=1S/C25H33ClN2O2S/c1-17(2)14-27(24(30)25(4,5)16-26)15-22(29)28-12-10-21-20(11-13-31-21)23(28)19-8-6-18(3)7-9-19/h6-9,11,13,17,23H,10,12,14-16H2,1-5H3. The lowest BCUT2D eigenvalue weighted by Crippen LogP contribution is -2.50. The highest BCUT2D eigenvalue weighted by Crippen LogP contribution is 2.38. The summed E-state index contributed by atoms with van der Waals surface area (Å²) in [5, 5.41) is 2.11. The van der Waals surface area contributed by atoms with E-state index in [2.05, 4.69) is 56.5 Å². The highest BCUT2D eigenvalue weighted by molar-refractivity contribution is 7.10. The van der Waals surface area contributed by atoms with E-state index in [1.54, 1.807) is 16.2 Å². The highest BCUT2D eigenvalue weighted by Gasteiger charge is 2.36. The minimum absolute atomic E-state index is 0.0122. The molecule has 1 unspecified atom stereocenters. The first-order valence-corrected chi connectivity index (χ1v) is 12.3. The van der Waals surface area contributed by atoms with Crippen LogP contribution in [0.25, 0.3) is 0 Å². The first-order valence-electron chi connectivity index (χ1n) is 10.9. The summed E-state index contributed by atoms with van der Waals surface area (Å²) in [5.41, 5.74) is 2.81. The summed E-state index contributed by atoms with van der Waals surface area (Å²) in [7, 11) is 0. The number of nitrogens with zero attached hydrogens (tertiary/aromatic N) is 2. The number of rotatable bonds is 7. The molecule has 4 nitrogen and oxygen atoms in total. The average Bonchev–Trinajstić information content (AvgIpc) is 3.21. The molecule has 0 saturated heterocycles. The van der Waals surface area contributed by atoms with E-state index < -0.39 is 5.41 Å². The van der Waals surface area contributed by atoms with E-state index in [1.165, 1.54) is 16.0 Å². The molecule has 0 radical (unpaired) electrons. The molecular weight excluding hydrogens is 428 g/mol. The van der Waals surface area contributed by atoms with Crippen molar-refractivity contribution in [2.75, 3.05) is 25.5 Å². The maximum Gasteiger partial charge on any atom is 0.242 e. The van der Waals surface area contributed by atoms with Crippen molar-refractivity contribution >= 4 is 34.8 Å². The van der Waals surface area contributed by atoms with Crippen LogP contribution in [0.1, 0.15) is 55.3 Å². The Balaban J connectivity index is 1.90. The van der Waals surface area contributed by atoms with Gasteiger partial charge < -0.3 is 9.80 Å². The van der Waals surface area contributed by atoms with Gasteiger partial charge in [0.2, 0.25) is 11.8 Å². The number of carbonyl (C=O) groups is 2. The third-order valence-electron chi connectivity index (χ3n) is 5.79. The fourth-order valence-corrected chi connectivity index (χ4v) is 5.11. The largest absolute Gasteiger partial charge is 0.333 e. The van der Waals surface area contributed by atoms with E-state index in [-0.39, 0.29) is 36.2 Å². The normalized spacial score (nSPS) is 16.4. The van der Waals surface area contributed by atoms with Gasteiger partial charge in [0.1, 0.15) is 0 Å². The van der Waals surface area contributed by atoms with E-state index in [0.717, 1.165) is 12.0 Å². The second kappa shape index (κ2) is 9.74. The summed E-state index contributed by atoms with van der Waals surface area (Å²) in [6.07, 6.45) is 0.854. The maximum atomic E-state index is 13.6. The smallest absolute Gasteiger partial charge is 0.242 e. The highest BCUT2D eigenvalue weighted by atomic mass is 35.5. The van der Waals surface area contributed by atoms with E-state index in [9.17, 15) is 9.59 Å². The predicted molar refractivity (Wildman–Crippen MR) is 129 cm³/mol. The Bertz CT molecular complexity index is 920. The van der Waals surface area contributed by atoms with Crippen LogP contribution < -0.4 is 0 Å². The van der Waals surface area contributed by atoms with Gasteiger partial charge in [0.25, 0.3) is 0 Å². The number of fused-ring (bicyclic) bond motifs is 1. The lowest BCUT2D eigenvalue weighted by Gasteiger charge is -2.39. The number of hydrogen-bond donors (Lipinski definition) is 0. The average molecular weight is 461 g/mol. The Kier molecular flexibility index (Phi) is 7.48. The first-order chi connectivity index (χ1) is 14.6. The molecule has 1 aromatic carbocycles. The Morgan fingerprint density at radius 1 is 1.23 bits per heavy atom. The van der Waals surface area contributed by atoms with Crippen LogP contribution in [-0.2, 0) is 16.0 Å². The van der Waals surface area contributed by atoms with Gasteiger partial charge in [0, 0.05) is 23.8 Å². The Labute approximate surface area is 195 Å². The van der Waals surface area contributed by atoms with Crippen molar-refractivity contribution in [2.45, 2.75) is 47.1 Å². The van der Waals surface area contributed by atoms with Crippen LogP contribution in [0.5, 0.6) is 0 Å². The number of thiophene rings is 1. The molecule has 3 rings (SSSR count). The van der Waals surface area contributed by atoms with Gasteiger partial charge in [-0.2, -0.15) is 0 Å². The molecule has 31 heavy (non-hydrogen) atoms. The van der Waals surface area contributed by atoms with Crippen molar-refractivity contribution in [3.63, 3.8) is 0 Å². The van der Waals surface area contributed by atoms with Crippen LogP contribution >= 0.6 is 22.9 Å². The van der Waals surface area contributed by atoms with Crippen molar-refractivity contribution in [3.8, 4) is 0 Å². The van der Waals surface area contributed by atoms with Crippen molar-refractivity contribution in [2.24, 2.45) is 11.3 Å². The van der Waals surface area contributed by atoms with Gasteiger partial charge >= 0.3 is 0 Å². The molecular formula is C25H33ClN2O2S. The van der Waals surface area contributed by atoms with Crippen molar-refractivity contribution in [1.82, 2.24) is 9.80 Å². The number of aryl methyl sites for hydroxylation is 1. The molecule has 6 heteroatoms. The molecule has 0 N–H and O–H groups in total. The zero-order valence-corrected chi connectivity index (χ0v) is 20.7. The minimum Gasteiger partial charge on any atom is -0.333 e. The summed E-state index contributed by atoms with van der Waals surface area (Å²) in [6.45, 7) is 11.2.